The van der Waals surface area contributed by atoms with Crippen molar-refractivity contribution in [1.82, 2.24) is 5.32 Å². The first-order valence-electron chi connectivity index (χ1n) is 7.47. The summed E-state index contributed by atoms with van der Waals surface area (Å²) in [6, 6.07) is 14.2. The SMILES string of the molecule is CNC(=O)Cc1ccc(NC(=O)COc2cccc(OC)c2)cc1. The summed E-state index contributed by atoms with van der Waals surface area (Å²) in [4.78, 5) is 23.2. The highest BCUT2D eigenvalue weighted by atomic mass is 16.5. The molecule has 0 unspecified atom stereocenters. The van der Waals surface area contributed by atoms with E-state index in [2.05, 4.69) is 10.6 Å². The standard InChI is InChI=1S/C18H20N2O4/c1-19-17(21)10-13-6-8-14(9-7-13)20-18(22)12-24-16-5-3-4-15(11-16)23-2/h3-9,11H,10,12H2,1-2H3,(H,19,21)(H,20,22). The van der Waals surface area contributed by atoms with Crippen molar-refractivity contribution in [2.24, 2.45) is 0 Å². The molecule has 0 radical (unpaired) electrons. The van der Waals surface area contributed by atoms with Gasteiger partial charge in [0.2, 0.25) is 5.91 Å². The normalized spacial score (nSPS) is 9.92. The second-order valence-corrected chi connectivity index (χ2v) is 5.06. The summed E-state index contributed by atoms with van der Waals surface area (Å²) in [5, 5.41) is 5.31. The van der Waals surface area contributed by atoms with Crippen LogP contribution in [0.5, 0.6) is 11.5 Å². The second kappa shape index (κ2) is 8.57. The number of rotatable bonds is 7. The second-order valence-electron chi connectivity index (χ2n) is 5.06. The molecule has 0 fully saturated rings. The summed E-state index contributed by atoms with van der Waals surface area (Å²) in [5.74, 6) is 0.903. The number of methoxy groups -OCH3 is 1. The molecule has 0 heterocycles. The van der Waals surface area contributed by atoms with Gasteiger partial charge >= 0.3 is 0 Å². The molecule has 2 amide bonds. The number of carbonyl (C=O) groups is 2. The summed E-state index contributed by atoms with van der Waals surface area (Å²) >= 11 is 0. The van der Waals surface area contributed by atoms with Crippen molar-refractivity contribution in [2.45, 2.75) is 6.42 Å². The first-order valence-corrected chi connectivity index (χ1v) is 7.47. The Morgan fingerprint density at radius 1 is 1.00 bits per heavy atom. The van der Waals surface area contributed by atoms with E-state index in [0.717, 1.165) is 5.56 Å². The van der Waals surface area contributed by atoms with Gasteiger partial charge in [0.05, 0.1) is 13.5 Å². The molecule has 0 spiro atoms. The number of ether oxygens (including phenoxy) is 2. The zero-order valence-electron chi connectivity index (χ0n) is 13.7. The average Bonchev–Trinajstić information content (AvgIpc) is 2.61. The van der Waals surface area contributed by atoms with Gasteiger partial charge in [-0.1, -0.05) is 18.2 Å². The van der Waals surface area contributed by atoms with E-state index in [-0.39, 0.29) is 18.4 Å². The van der Waals surface area contributed by atoms with Crippen LogP contribution in [0.1, 0.15) is 5.56 Å². The fourth-order valence-corrected chi connectivity index (χ4v) is 2.02. The summed E-state index contributed by atoms with van der Waals surface area (Å²) in [7, 11) is 3.17. The average molecular weight is 328 g/mol. The Kier molecular flexibility index (Phi) is 6.19. The lowest BCUT2D eigenvalue weighted by Crippen LogP contribution is -2.21. The van der Waals surface area contributed by atoms with Gasteiger partial charge in [0, 0.05) is 18.8 Å². The van der Waals surface area contributed by atoms with E-state index in [0.29, 0.717) is 23.6 Å². The van der Waals surface area contributed by atoms with Crippen molar-refractivity contribution >= 4 is 17.5 Å². The highest BCUT2D eigenvalue weighted by Gasteiger charge is 2.06. The fourth-order valence-electron chi connectivity index (χ4n) is 2.02. The molecule has 0 aromatic heterocycles. The minimum atomic E-state index is -0.267. The maximum Gasteiger partial charge on any atom is 0.262 e. The molecule has 0 aliphatic heterocycles. The number of hydrogen-bond donors (Lipinski definition) is 2. The first-order chi connectivity index (χ1) is 11.6. The first kappa shape index (κ1) is 17.3. The molecule has 2 aromatic rings. The lowest BCUT2D eigenvalue weighted by Gasteiger charge is -2.09. The topological polar surface area (TPSA) is 76.7 Å². The van der Waals surface area contributed by atoms with Crippen molar-refractivity contribution in [1.29, 1.82) is 0 Å². The lowest BCUT2D eigenvalue weighted by molar-refractivity contribution is -0.120. The van der Waals surface area contributed by atoms with Crippen molar-refractivity contribution in [3.8, 4) is 11.5 Å². The van der Waals surface area contributed by atoms with Gasteiger partial charge in [-0.3, -0.25) is 9.59 Å². The number of likely N-dealkylation sites (N-methyl/N-ethyl adjacent to an activating group) is 1. The molecule has 126 valence electrons. The zero-order valence-corrected chi connectivity index (χ0v) is 13.7. The number of carbonyl (C=O) groups excluding carboxylic acids is 2. The molecule has 6 nitrogen and oxygen atoms in total. The quantitative estimate of drug-likeness (QED) is 0.815. The van der Waals surface area contributed by atoms with Crippen LogP contribution in [0.2, 0.25) is 0 Å². The van der Waals surface area contributed by atoms with Crippen LogP contribution < -0.4 is 20.1 Å². The molecule has 6 heteroatoms. The van der Waals surface area contributed by atoms with Crippen LogP contribution in [-0.2, 0) is 16.0 Å². The zero-order chi connectivity index (χ0) is 17.4. The maximum absolute atomic E-state index is 11.9. The van der Waals surface area contributed by atoms with Crippen LogP contribution in [0.4, 0.5) is 5.69 Å². The maximum atomic E-state index is 11.9. The van der Waals surface area contributed by atoms with Crippen LogP contribution in [0.25, 0.3) is 0 Å². The number of nitrogens with one attached hydrogen (secondary N) is 2. The molecule has 24 heavy (non-hydrogen) atoms. The smallest absolute Gasteiger partial charge is 0.262 e. The van der Waals surface area contributed by atoms with Gasteiger partial charge in [0.25, 0.3) is 5.91 Å². The lowest BCUT2D eigenvalue weighted by atomic mass is 10.1. The van der Waals surface area contributed by atoms with E-state index in [4.69, 9.17) is 9.47 Å². The summed E-state index contributed by atoms with van der Waals surface area (Å²) in [5.41, 5.74) is 1.52. The minimum Gasteiger partial charge on any atom is -0.497 e. The predicted octanol–water partition coefficient (Wildman–Crippen LogP) is 2.00. The minimum absolute atomic E-state index is 0.0570. The van der Waals surface area contributed by atoms with Gasteiger partial charge in [-0.15, -0.1) is 0 Å². The third kappa shape index (κ3) is 5.31. The molecule has 2 N–H and O–H groups in total. The number of hydrogen-bond acceptors (Lipinski definition) is 4. The van der Waals surface area contributed by atoms with E-state index in [1.54, 1.807) is 62.7 Å². The fraction of sp³-hybridized carbons (Fsp3) is 0.222. The molecule has 2 rings (SSSR count). The van der Waals surface area contributed by atoms with Gasteiger partial charge in [0.15, 0.2) is 6.61 Å². The monoisotopic (exact) mass is 328 g/mol. The van der Waals surface area contributed by atoms with E-state index < -0.39 is 0 Å². The molecule has 0 aliphatic carbocycles. The van der Waals surface area contributed by atoms with Gasteiger partial charge < -0.3 is 20.1 Å². The Bertz CT molecular complexity index is 698. The van der Waals surface area contributed by atoms with Gasteiger partial charge in [-0.2, -0.15) is 0 Å². The van der Waals surface area contributed by atoms with E-state index in [1.165, 1.54) is 0 Å². The molecule has 0 saturated heterocycles. The summed E-state index contributed by atoms with van der Waals surface area (Å²) in [6.45, 7) is -0.104. The largest absolute Gasteiger partial charge is 0.497 e. The molecular weight excluding hydrogens is 308 g/mol. The Morgan fingerprint density at radius 3 is 2.38 bits per heavy atom. The van der Waals surface area contributed by atoms with Gasteiger partial charge in [0.1, 0.15) is 11.5 Å². The number of amides is 2. The highest BCUT2D eigenvalue weighted by Crippen LogP contribution is 2.18. The number of benzene rings is 2. The summed E-state index contributed by atoms with van der Waals surface area (Å²) in [6.07, 6.45) is 0.309. The predicted molar refractivity (Wildman–Crippen MR) is 91.3 cm³/mol. The van der Waals surface area contributed by atoms with E-state index in [1.807, 2.05) is 0 Å². The Balaban J connectivity index is 1.84. The van der Waals surface area contributed by atoms with Crippen LogP contribution in [0.15, 0.2) is 48.5 Å². The molecule has 0 saturated carbocycles. The van der Waals surface area contributed by atoms with Crippen molar-refractivity contribution in [3.05, 3.63) is 54.1 Å². The van der Waals surface area contributed by atoms with Crippen molar-refractivity contribution in [3.63, 3.8) is 0 Å². The molecular formula is C18H20N2O4. The van der Waals surface area contributed by atoms with Crippen molar-refractivity contribution in [2.75, 3.05) is 26.1 Å². The number of anilines is 1. The van der Waals surface area contributed by atoms with Crippen LogP contribution in [0.3, 0.4) is 0 Å². The van der Waals surface area contributed by atoms with Crippen LogP contribution in [-0.4, -0.2) is 32.6 Å². The molecule has 2 aromatic carbocycles. The van der Waals surface area contributed by atoms with E-state index >= 15 is 0 Å². The van der Waals surface area contributed by atoms with Crippen LogP contribution in [0, 0.1) is 0 Å². The Hall–Kier alpha value is -3.02. The van der Waals surface area contributed by atoms with Crippen molar-refractivity contribution < 1.29 is 19.1 Å². The van der Waals surface area contributed by atoms with Gasteiger partial charge in [-0.25, -0.2) is 0 Å². The van der Waals surface area contributed by atoms with Crippen LogP contribution >= 0.6 is 0 Å². The third-order valence-electron chi connectivity index (χ3n) is 3.29. The van der Waals surface area contributed by atoms with Gasteiger partial charge in [-0.05, 0) is 29.8 Å². The summed E-state index contributed by atoms with van der Waals surface area (Å²) < 4.78 is 10.5. The third-order valence-corrected chi connectivity index (χ3v) is 3.29. The van der Waals surface area contributed by atoms with E-state index in [9.17, 15) is 9.59 Å². The molecule has 0 aliphatic rings. The Morgan fingerprint density at radius 2 is 1.71 bits per heavy atom. The highest BCUT2D eigenvalue weighted by molar-refractivity contribution is 5.92. The Labute approximate surface area is 140 Å². The molecule has 0 bridgehead atoms. The molecule has 0 atom stereocenters.